The SMILES string of the molecule is Cc1ccc(C)c(OC2CCN(C(=O)c3nccnc3N)CC2)c1. The van der Waals surface area contributed by atoms with Crippen molar-refractivity contribution in [3.8, 4) is 5.75 Å². The van der Waals surface area contributed by atoms with E-state index < -0.39 is 0 Å². The summed E-state index contributed by atoms with van der Waals surface area (Å²) in [6.07, 6.45) is 4.67. The minimum Gasteiger partial charge on any atom is -0.490 e. The number of likely N-dealkylation sites (tertiary alicyclic amines) is 1. The van der Waals surface area contributed by atoms with Crippen LogP contribution in [0.4, 0.5) is 5.82 Å². The van der Waals surface area contributed by atoms with Gasteiger partial charge in [0.1, 0.15) is 11.9 Å². The van der Waals surface area contributed by atoms with Gasteiger partial charge in [0, 0.05) is 38.3 Å². The molecule has 1 fully saturated rings. The summed E-state index contributed by atoms with van der Waals surface area (Å²) < 4.78 is 6.13. The van der Waals surface area contributed by atoms with Gasteiger partial charge in [-0.2, -0.15) is 0 Å². The molecule has 0 aliphatic carbocycles. The first-order valence-electron chi connectivity index (χ1n) is 8.14. The van der Waals surface area contributed by atoms with Crippen molar-refractivity contribution in [1.82, 2.24) is 14.9 Å². The summed E-state index contributed by atoms with van der Waals surface area (Å²) in [5.74, 6) is 0.944. The highest BCUT2D eigenvalue weighted by atomic mass is 16.5. The van der Waals surface area contributed by atoms with Crippen LogP contribution in [0.1, 0.15) is 34.5 Å². The fraction of sp³-hybridized carbons (Fsp3) is 0.389. The van der Waals surface area contributed by atoms with Crippen LogP contribution in [0, 0.1) is 13.8 Å². The lowest BCUT2D eigenvalue weighted by atomic mass is 10.1. The van der Waals surface area contributed by atoms with Gasteiger partial charge in [-0.1, -0.05) is 12.1 Å². The molecule has 0 radical (unpaired) electrons. The van der Waals surface area contributed by atoms with E-state index in [1.54, 1.807) is 4.90 Å². The first-order valence-corrected chi connectivity index (χ1v) is 8.14. The number of rotatable bonds is 3. The molecular formula is C18H22N4O2. The molecule has 6 nitrogen and oxygen atoms in total. The maximum Gasteiger partial charge on any atom is 0.276 e. The molecule has 2 aromatic rings. The minimum absolute atomic E-state index is 0.119. The molecule has 3 rings (SSSR count). The number of carbonyl (C=O) groups excluding carboxylic acids is 1. The number of aromatic nitrogens is 2. The smallest absolute Gasteiger partial charge is 0.276 e. The van der Waals surface area contributed by atoms with Crippen molar-refractivity contribution in [1.29, 1.82) is 0 Å². The predicted molar refractivity (Wildman–Crippen MR) is 91.9 cm³/mol. The minimum atomic E-state index is -0.161. The molecular weight excluding hydrogens is 304 g/mol. The fourth-order valence-corrected chi connectivity index (χ4v) is 2.85. The van der Waals surface area contributed by atoms with Gasteiger partial charge >= 0.3 is 0 Å². The predicted octanol–water partition coefficient (Wildman–Crippen LogP) is 2.36. The number of hydrogen-bond acceptors (Lipinski definition) is 5. The molecule has 0 atom stereocenters. The number of anilines is 1. The number of nitrogens with zero attached hydrogens (tertiary/aromatic N) is 3. The Kier molecular flexibility index (Phi) is 4.64. The molecule has 1 amide bonds. The van der Waals surface area contributed by atoms with E-state index in [2.05, 4.69) is 35.1 Å². The van der Waals surface area contributed by atoms with E-state index in [0.29, 0.717) is 13.1 Å². The average Bonchev–Trinajstić information content (AvgIpc) is 2.59. The Hall–Kier alpha value is -2.63. The number of nitrogen functional groups attached to an aromatic ring is 1. The second kappa shape index (κ2) is 6.86. The number of nitrogens with two attached hydrogens (primary N) is 1. The lowest BCUT2D eigenvalue weighted by Gasteiger charge is -2.32. The molecule has 0 saturated carbocycles. The third kappa shape index (κ3) is 3.48. The van der Waals surface area contributed by atoms with Gasteiger partial charge in [0.05, 0.1) is 0 Å². The van der Waals surface area contributed by atoms with Gasteiger partial charge in [-0.05, 0) is 31.0 Å². The molecule has 126 valence electrons. The highest BCUT2D eigenvalue weighted by molar-refractivity contribution is 5.96. The number of carbonyl (C=O) groups is 1. The molecule has 1 aliphatic heterocycles. The topological polar surface area (TPSA) is 81.3 Å². The van der Waals surface area contributed by atoms with Crippen molar-refractivity contribution < 1.29 is 9.53 Å². The molecule has 2 N–H and O–H groups in total. The molecule has 2 heterocycles. The lowest BCUT2D eigenvalue weighted by Crippen LogP contribution is -2.42. The van der Waals surface area contributed by atoms with Crippen molar-refractivity contribution in [3.63, 3.8) is 0 Å². The van der Waals surface area contributed by atoms with Crippen molar-refractivity contribution in [2.24, 2.45) is 0 Å². The van der Waals surface area contributed by atoms with Gasteiger partial charge < -0.3 is 15.4 Å². The van der Waals surface area contributed by atoms with E-state index in [1.165, 1.54) is 18.0 Å². The molecule has 24 heavy (non-hydrogen) atoms. The normalized spacial score (nSPS) is 15.3. The monoisotopic (exact) mass is 326 g/mol. The van der Waals surface area contributed by atoms with Gasteiger partial charge in [0.2, 0.25) is 0 Å². The highest BCUT2D eigenvalue weighted by Crippen LogP contribution is 2.24. The second-order valence-corrected chi connectivity index (χ2v) is 6.17. The number of amides is 1. The summed E-state index contributed by atoms with van der Waals surface area (Å²) in [6.45, 7) is 5.36. The van der Waals surface area contributed by atoms with Crippen LogP contribution in [0.5, 0.6) is 5.75 Å². The standard InChI is InChI=1S/C18H22N4O2/c1-12-3-4-13(2)15(11-12)24-14-5-9-22(10-6-14)18(23)16-17(19)21-8-7-20-16/h3-4,7-8,11,14H,5-6,9-10H2,1-2H3,(H2,19,21). The van der Waals surface area contributed by atoms with E-state index in [-0.39, 0.29) is 23.5 Å². The van der Waals surface area contributed by atoms with Gasteiger partial charge in [0.15, 0.2) is 11.5 Å². The first kappa shape index (κ1) is 16.2. The van der Waals surface area contributed by atoms with Crippen molar-refractivity contribution >= 4 is 11.7 Å². The van der Waals surface area contributed by atoms with Crippen LogP contribution in [0.3, 0.4) is 0 Å². The zero-order valence-corrected chi connectivity index (χ0v) is 14.0. The van der Waals surface area contributed by atoms with Crippen molar-refractivity contribution in [3.05, 3.63) is 47.4 Å². The van der Waals surface area contributed by atoms with Gasteiger partial charge in [-0.25, -0.2) is 9.97 Å². The average molecular weight is 326 g/mol. The maximum absolute atomic E-state index is 12.5. The summed E-state index contributed by atoms with van der Waals surface area (Å²) in [7, 11) is 0. The quantitative estimate of drug-likeness (QED) is 0.936. The largest absolute Gasteiger partial charge is 0.490 e. The van der Waals surface area contributed by atoms with Crippen LogP contribution in [0.25, 0.3) is 0 Å². The Morgan fingerprint density at radius 3 is 2.62 bits per heavy atom. The molecule has 6 heteroatoms. The van der Waals surface area contributed by atoms with Crippen LogP contribution < -0.4 is 10.5 Å². The Balaban J connectivity index is 1.61. The summed E-state index contributed by atoms with van der Waals surface area (Å²) in [5, 5.41) is 0. The number of benzene rings is 1. The highest BCUT2D eigenvalue weighted by Gasteiger charge is 2.27. The van der Waals surface area contributed by atoms with E-state index in [9.17, 15) is 4.79 Å². The number of hydrogen-bond donors (Lipinski definition) is 1. The number of ether oxygens (including phenoxy) is 1. The van der Waals surface area contributed by atoms with Crippen molar-refractivity contribution in [2.45, 2.75) is 32.8 Å². The summed E-state index contributed by atoms with van der Waals surface area (Å²) in [6, 6.07) is 6.21. The summed E-state index contributed by atoms with van der Waals surface area (Å²) in [4.78, 5) is 22.2. The van der Waals surface area contributed by atoms with E-state index in [1.807, 2.05) is 6.92 Å². The third-order valence-corrected chi connectivity index (χ3v) is 4.30. The van der Waals surface area contributed by atoms with Crippen LogP contribution in [0.2, 0.25) is 0 Å². The second-order valence-electron chi connectivity index (χ2n) is 6.17. The molecule has 0 unspecified atom stereocenters. The van der Waals surface area contributed by atoms with E-state index in [4.69, 9.17) is 10.5 Å². The number of piperidine rings is 1. The van der Waals surface area contributed by atoms with Gasteiger partial charge in [0.25, 0.3) is 5.91 Å². The van der Waals surface area contributed by atoms with Gasteiger partial charge in [-0.15, -0.1) is 0 Å². The van der Waals surface area contributed by atoms with E-state index in [0.717, 1.165) is 24.2 Å². The molecule has 1 saturated heterocycles. The Morgan fingerprint density at radius 1 is 1.21 bits per heavy atom. The molecule has 1 aromatic heterocycles. The van der Waals surface area contributed by atoms with Crippen molar-refractivity contribution in [2.75, 3.05) is 18.8 Å². The molecule has 1 aromatic carbocycles. The summed E-state index contributed by atoms with van der Waals surface area (Å²) >= 11 is 0. The fourth-order valence-electron chi connectivity index (χ4n) is 2.85. The van der Waals surface area contributed by atoms with Crippen LogP contribution >= 0.6 is 0 Å². The lowest BCUT2D eigenvalue weighted by molar-refractivity contribution is 0.0589. The van der Waals surface area contributed by atoms with Gasteiger partial charge in [-0.3, -0.25) is 4.79 Å². The number of aryl methyl sites for hydroxylation is 2. The van der Waals surface area contributed by atoms with Crippen LogP contribution in [-0.2, 0) is 0 Å². The zero-order valence-electron chi connectivity index (χ0n) is 14.0. The summed E-state index contributed by atoms with van der Waals surface area (Å²) in [5.41, 5.74) is 8.28. The van der Waals surface area contributed by atoms with Crippen LogP contribution in [0.15, 0.2) is 30.6 Å². The maximum atomic E-state index is 12.5. The Labute approximate surface area is 141 Å². The Bertz CT molecular complexity index is 740. The Morgan fingerprint density at radius 2 is 1.92 bits per heavy atom. The molecule has 0 bridgehead atoms. The third-order valence-electron chi connectivity index (χ3n) is 4.30. The zero-order chi connectivity index (χ0) is 17.1. The first-order chi connectivity index (χ1) is 11.5. The molecule has 1 aliphatic rings. The molecule has 0 spiro atoms. The van der Waals surface area contributed by atoms with Crippen LogP contribution in [-0.4, -0.2) is 40.0 Å². The van der Waals surface area contributed by atoms with E-state index >= 15 is 0 Å².